The van der Waals surface area contributed by atoms with Crippen molar-refractivity contribution in [1.29, 1.82) is 0 Å². The highest BCUT2D eigenvalue weighted by Crippen LogP contribution is 2.24. The number of hydrogen-bond donors (Lipinski definition) is 3. The van der Waals surface area contributed by atoms with Crippen LogP contribution in [0.2, 0.25) is 0 Å². The van der Waals surface area contributed by atoms with E-state index in [1.807, 2.05) is 20.8 Å². The molecule has 4 N–H and O–H groups in total. The molecule has 0 aliphatic heterocycles. The lowest BCUT2D eigenvalue weighted by Crippen LogP contribution is -2.44. The van der Waals surface area contributed by atoms with Crippen LogP contribution in [0.15, 0.2) is 0 Å². The maximum atomic E-state index is 12.0. The lowest BCUT2D eigenvalue weighted by atomic mass is 9.85. The van der Waals surface area contributed by atoms with Crippen LogP contribution < -0.4 is 16.4 Å². The van der Waals surface area contributed by atoms with Crippen molar-refractivity contribution in [1.82, 2.24) is 10.6 Å². The summed E-state index contributed by atoms with van der Waals surface area (Å²) in [6.45, 7) is 5.74. The Morgan fingerprint density at radius 1 is 1.25 bits per heavy atom. The van der Waals surface area contributed by atoms with Gasteiger partial charge in [0.1, 0.15) is 0 Å². The fourth-order valence-electron chi connectivity index (χ4n) is 2.54. The summed E-state index contributed by atoms with van der Waals surface area (Å²) >= 11 is 0. The molecule has 3 unspecified atom stereocenters. The van der Waals surface area contributed by atoms with Crippen molar-refractivity contribution in [3.05, 3.63) is 0 Å². The highest BCUT2D eigenvalue weighted by Gasteiger charge is 2.28. The predicted octanol–water partition coefficient (Wildman–Crippen LogP) is 1.35. The Morgan fingerprint density at radius 3 is 2.45 bits per heavy atom. The molecular formula is C14H28ClN3O2. The smallest absolute Gasteiger partial charge is 0.223 e. The second kappa shape index (κ2) is 9.19. The minimum absolute atomic E-state index is 0. The van der Waals surface area contributed by atoms with Crippen molar-refractivity contribution >= 4 is 24.2 Å². The molecule has 0 heterocycles. The Bertz CT molecular complexity index is 322. The van der Waals surface area contributed by atoms with Gasteiger partial charge in [-0.15, -0.1) is 12.4 Å². The van der Waals surface area contributed by atoms with Gasteiger partial charge < -0.3 is 16.4 Å². The third-order valence-electron chi connectivity index (χ3n) is 3.35. The highest BCUT2D eigenvalue weighted by molar-refractivity contribution is 5.85. The summed E-state index contributed by atoms with van der Waals surface area (Å²) in [5, 5.41) is 5.94. The Morgan fingerprint density at radius 2 is 1.90 bits per heavy atom. The SMILES string of the molecule is CC(N)CC(=O)NC1CCCC(C(=O)NC(C)C)C1.Cl. The second-order valence-electron chi connectivity index (χ2n) is 5.97. The number of rotatable bonds is 5. The monoisotopic (exact) mass is 305 g/mol. The van der Waals surface area contributed by atoms with Crippen molar-refractivity contribution in [2.45, 2.75) is 71.0 Å². The van der Waals surface area contributed by atoms with E-state index in [1.165, 1.54) is 0 Å². The van der Waals surface area contributed by atoms with Crippen molar-refractivity contribution < 1.29 is 9.59 Å². The molecule has 0 aromatic heterocycles. The molecule has 1 saturated carbocycles. The van der Waals surface area contributed by atoms with Gasteiger partial charge in [0, 0.05) is 30.5 Å². The summed E-state index contributed by atoms with van der Waals surface area (Å²) in [5.74, 6) is 0.128. The zero-order chi connectivity index (χ0) is 14.4. The van der Waals surface area contributed by atoms with Gasteiger partial charge in [0.2, 0.25) is 11.8 Å². The van der Waals surface area contributed by atoms with Gasteiger partial charge in [-0.05, 0) is 40.0 Å². The van der Waals surface area contributed by atoms with E-state index in [4.69, 9.17) is 5.73 Å². The van der Waals surface area contributed by atoms with Crippen molar-refractivity contribution in [2.75, 3.05) is 0 Å². The number of amides is 2. The van der Waals surface area contributed by atoms with E-state index >= 15 is 0 Å². The second-order valence-corrected chi connectivity index (χ2v) is 5.97. The van der Waals surface area contributed by atoms with Gasteiger partial charge in [0.05, 0.1) is 0 Å². The molecule has 0 aromatic carbocycles. The van der Waals surface area contributed by atoms with Gasteiger partial charge >= 0.3 is 0 Å². The van der Waals surface area contributed by atoms with E-state index in [2.05, 4.69) is 10.6 Å². The number of carbonyl (C=O) groups is 2. The van der Waals surface area contributed by atoms with Crippen molar-refractivity contribution in [2.24, 2.45) is 11.7 Å². The highest BCUT2D eigenvalue weighted by atomic mass is 35.5. The molecular weight excluding hydrogens is 278 g/mol. The quantitative estimate of drug-likeness (QED) is 0.717. The van der Waals surface area contributed by atoms with Gasteiger partial charge in [0.25, 0.3) is 0 Å². The molecule has 118 valence electrons. The Kier molecular flexibility index (Phi) is 8.81. The lowest BCUT2D eigenvalue weighted by Gasteiger charge is -2.29. The summed E-state index contributed by atoms with van der Waals surface area (Å²) in [6, 6.07) is 0.159. The molecule has 0 bridgehead atoms. The van der Waals surface area contributed by atoms with Crippen LogP contribution in [0.1, 0.15) is 52.9 Å². The standard InChI is InChI=1S/C14H27N3O2.ClH/c1-9(2)16-14(19)11-5-4-6-12(8-11)17-13(18)7-10(3)15;/h9-12H,4-8,15H2,1-3H3,(H,16,19)(H,17,18);1H. The molecule has 3 atom stereocenters. The largest absolute Gasteiger partial charge is 0.354 e. The van der Waals surface area contributed by atoms with Crippen molar-refractivity contribution in [3.63, 3.8) is 0 Å². The molecule has 2 amide bonds. The molecule has 1 fully saturated rings. The molecule has 5 nitrogen and oxygen atoms in total. The predicted molar refractivity (Wildman–Crippen MR) is 82.7 cm³/mol. The maximum absolute atomic E-state index is 12.0. The zero-order valence-electron chi connectivity index (χ0n) is 12.6. The van der Waals surface area contributed by atoms with Gasteiger partial charge in [-0.25, -0.2) is 0 Å². The van der Waals surface area contributed by atoms with E-state index in [1.54, 1.807) is 0 Å². The minimum atomic E-state index is -0.122. The van der Waals surface area contributed by atoms with Crippen LogP contribution >= 0.6 is 12.4 Å². The van der Waals surface area contributed by atoms with E-state index in [0.717, 1.165) is 25.7 Å². The minimum Gasteiger partial charge on any atom is -0.354 e. The van der Waals surface area contributed by atoms with Gasteiger partial charge in [-0.3, -0.25) is 9.59 Å². The molecule has 1 rings (SSSR count). The summed E-state index contributed by atoms with van der Waals surface area (Å²) in [5.41, 5.74) is 5.60. The Balaban J connectivity index is 0.00000361. The summed E-state index contributed by atoms with van der Waals surface area (Å²) < 4.78 is 0. The van der Waals surface area contributed by atoms with Crippen LogP contribution in [0.3, 0.4) is 0 Å². The average Bonchev–Trinajstić information content (AvgIpc) is 2.27. The fraction of sp³-hybridized carbons (Fsp3) is 0.857. The van der Waals surface area contributed by atoms with Crippen LogP contribution in [-0.4, -0.2) is 29.9 Å². The Hall–Kier alpha value is -0.810. The third-order valence-corrected chi connectivity index (χ3v) is 3.35. The first-order chi connectivity index (χ1) is 8.88. The summed E-state index contributed by atoms with van der Waals surface area (Å²) in [7, 11) is 0. The van der Waals surface area contributed by atoms with Crippen molar-refractivity contribution in [3.8, 4) is 0 Å². The molecule has 1 aliphatic rings. The molecule has 0 saturated heterocycles. The van der Waals surface area contributed by atoms with E-state index in [-0.39, 0.29) is 48.3 Å². The molecule has 0 radical (unpaired) electrons. The number of carbonyl (C=O) groups excluding carboxylic acids is 2. The van der Waals surface area contributed by atoms with Crippen LogP contribution in [-0.2, 0) is 9.59 Å². The van der Waals surface area contributed by atoms with Crippen LogP contribution in [0.25, 0.3) is 0 Å². The number of halogens is 1. The fourth-order valence-corrected chi connectivity index (χ4v) is 2.54. The first-order valence-electron chi connectivity index (χ1n) is 7.23. The third kappa shape index (κ3) is 7.10. The van der Waals surface area contributed by atoms with Gasteiger partial charge in [-0.1, -0.05) is 6.42 Å². The first kappa shape index (κ1) is 19.2. The summed E-state index contributed by atoms with van der Waals surface area (Å²) in [6.07, 6.45) is 3.94. The van der Waals surface area contributed by atoms with E-state index in [0.29, 0.717) is 6.42 Å². The van der Waals surface area contributed by atoms with Crippen LogP contribution in [0.5, 0.6) is 0 Å². The topological polar surface area (TPSA) is 84.2 Å². The number of nitrogens with two attached hydrogens (primary N) is 1. The first-order valence-corrected chi connectivity index (χ1v) is 7.23. The Labute approximate surface area is 127 Å². The average molecular weight is 306 g/mol. The van der Waals surface area contributed by atoms with E-state index < -0.39 is 0 Å². The molecule has 0 aromatic rings. The number of hydrogen-bond acceptors (Lipinski definition) is 3. The normalized spacial score (nSPS) is 23.6. The maximum Gasteiger partial charge on any atom is 0.223 e. The lowest BCUT2D eigenvalue weighted by molar-refractivity contribution is -0.128. The van der Waals surface area contributed by atoms with Crippen LogP contribution in [0.4, 0.5) is 0 Å². The van der Waals surface area contributed by atoms with Gasteiger partial charge in [0.15, 0.2) is 0 Å². The molecule has 1 aliphatic carbocycles. The molecule has 20 heavy (non-hydrogen) atoms. The summed E-state index contributed by atoms with van der Waals surface area (Å²) in [4.78, 5) is 23.7. The molecule has 0 spiro atoms. The van der Waals surface area contributed by atoms with Crippen LogP contribution in [0, 0.1) is 5.92 Å². The number of nitrogens with one attached hydrogen (secondary N) is 2. The van der Waals surface area contributed by atoms with Gasteiger partial charge in [-0.2, -0.15) is 0 Å². The molecule has 6 heteroatoms. The van der Waals surface area contributed by atoms with E-state index in [9.17, 15) is 9.59 Å². The zero-order valence-corrected chi connectivity index (χ0v) is 13.5.